The summed E-state index contributed by atoms with van der Waals surface area (Å²) < 4.78 is 118. The molecule has 26 heteroatoms. The summed E-state index contributed by atoms with van der Waals surface area (Å²) in [4.78, 5) is 56.0. The second-order valence-corrected chi connectivity index (χ2v) is 29.5. The molecule has 1 saturated heterocycles. The van der Waals surface area contributed by atoms with E-state index < -0.39 is 60.8 Å². The number of hydrogen-bond donors (Lipinski definition) is 5. The highest BCUT2D eigenvalue weighted by molar-refractivity contribution is 8.31. The van der Waals surface area contributed by atoms with Crippen molar-refractivity contribution in [2.24, 2.45) is 0 Å². The standard InChI is InChI=1S/C27H35N3O5S.C23H27N3O4S.C20H20F2N2O4S/c1-5-6-15-30-25(31)23(24(36(30,33)34)19-10-8-7-9-11-19)28-22-13-12-21-18-29(16-14-20(21)17-22)26(32)35-27(2,3)4;1-2-3-13-26-23(27)21(22(31(26,28)29)18-7-5-4-6-8-18)24-19-9-11-20(12-10-19)25-14-16-30-17-15-25;1-2-3-13-24-19(25)17(18(29(24,26)27)14-7-5-4-6-8-14)23-15-9-11-16(12-10-15)28-20(21)22/h7-13,17,28,33-34H,5-6,14-16,18H2,1-4H3;4-12,24H,2-3,13-17H2,1H3;4-12,20,23H,2-3,13H2,1H3. The van der Waals surface area contributed by atoms with Crippen molar-refractivity contribution in [1.82, 2.24) is 17.8 Å². The fourth-order valence-corrected chi connectivity index (χ4v) is 16.4. The topological polar surface area (TPSA) is 257 Å². The molecule has 0 saturated carbocycles. The Balaban J connectivity index is 0.000000170. The number of hydrogen-bond acceptors (Lipinski definition) is 17. The first-order chi connectivity index (χ1) is 45.9. The third-order valence-corrected chi connectivity index (χ3v) is 21.7. The van der Waals surface area contributed by atoms with Gasteiger partial charge in [-0.05, 0) is 129 Å². The van der Waals surface area contributed by atoms with Gasteiger partial charge < -0.3 is 40.0 Å². The predicted molar refractivity (Wildman–Crippen MR) is 371 cm³/mol. The van der Waals surface area contributed by atoms with Crippen LogP contribution >= 0.6 is 10.8 Å². The van der Waals surface area contributed by atoms with Crippen molar-refractivity contribution < 1.29 is 68.1 Å². The van der Waals surface area contributed by atoms with Crippen LogP contribution < -0.4 is 25.6 Å². The number of nitrogens with one attached hydrogen (secondary N) is 3. The van der Waals surface area contributed by atoms with Crippen LogP contribution in [0.1, 0.15) is 108 Å². The van der Waals surface area contributed by atoms with Crippen molar-refractivity contribution in [1.29, 1.82) is 0 Å². The number of carbonyl (C=O) groups is 4. The predicted octanol–water partition coefficient (Wildman–Crippen LogP) is 13.4. The molecule has 5 N–H and O–H groups in total. The van der Waals surface area contributed by atoms with Gasteiger partial charge in [-0.15, -0.1) is 0 Å². The van der Waals surface area contributed by atoms with Crippen LogP contribution in [0.15, 0.2) is 175 Å². The number of rotatable bonds is 21. The monoisotopic (exact) mass is 1380 g/mol. The number of anilines is 4. The minimum absolute atomic E-state index is 0.0338. The lowest BCUT2D eigenvalue weighted by atomic mass is 9.99. The number of morpholine rings is 1. The smallest absolute Gasteiger partial charge is 0.410 e. The molecule has 4 amide bonds. The van der Waals surface area contributed by atoms with Crippen LogP contribution in [0, 0.1) is 0 Å². The minimum Gasteiger partial charge on any atom is -0.444 e. The van der Waals surface area contributed by atoms with E-state index in [1.165, 1.54) is 28.6 Å². The first-order valence-electron chi connectivity index (χ1n) is 31.9. The maximum absolute atomic E-state index is 13.4. The highest BCUT2D eigenvalue weighted by Gasteiger charge is 2.47. The molecule has 0 unspecified atom stereocenters. The molecule has 0 atom stereocenters. The molecular weight excluding hydrogens is 1300 g/mol. The van der Waals surface area contributed by atoms with E-state index in [1.54, 1.807) is 71.6 Å². The quantitative estimate of drug-likeness (QED) is 0.0449. The first kappa shape index (κ1) is 71.5. The van der Waals surface area contributed by atoms with Gasteiger partial charge in [0.15, 0.2) is 0 Å². The van der Waals surface area contributed by atoms with Crippen LogP contribution in [0.2, 0.25) is 0 Å². The molecule has 5 heterocycles. The zero-order valence-corrected chi connectivity index (χ0v) is 57.0. The Morgan fingerprint density at radius 1 is 0.552 bits per heavy atom. The molecule has 1 fully saturated rings. The van der Waals surface area contributed by atoms with E-state index in [0.717, 1.165) is 57.8 Å². The molecule has 512 valence electrons. The Morgan fingerprint density at radius 3 is 1.43 bits per heavy atom. The normalized spacial score (nSPS) is 17.6. The summed E-state index contributed by atoms with van der Waals surface area (Å²) in [6.45, 7) is 13.0. The second kappa shape index (κ2) is 31.4. The Hall–Kier alpha value is -8.79. The van der Waals surface area contributed by atoms with Crippen molar-refractivity contribution in [2.45, 2.75) is 105 Å². The van der Waals surface area contributed by atoms with Crippen molar-refractivity contribution in [3.8, 4) is 5.75 Å². The average Bonchev–Trinajstić information content (AvgIpc) is 1.61. The van der Waals surface area contributed by atoms with Crippen molar-refractivity contribution in [2.75, 3.05) is 73.3 Å². The van der Waals surface area contributed by atoms with Crippen LogP contribution in [-0.4, -0.2) is 132 Å². The van der Waals surface area contributed by atoms with E-state index in [1.807, 2.05) is 108 Å². The molecule has 5 aliphatic rings. The average molecular weight is 1380 g/mol. The summed E-state index contributed by atoms with van der Waals surface area (Å²) in [5.41, 5.74) is 6.02. The molecule has 0 bridgehead atoms. The molecule has 5 aliphatic heterocycles. The van der Waals surface area contributed by atoms with Gasteiger partial charge in [-0.2, -0.15) is 8.78 Å². The fraction of sp³-hybridized carbons (Fsp3) is 0.343. The Kier molecular flexibility index (Phi) is 23.4. The minimum atomic E-state index is -4.02. The lowest BCUT2D eigenvalue weighted by molar-refractivity contribution is -0.123. The van der Waals surface area contributed by atoms with Gasteiger partial charge in [0.05, 0.1) is 13.2 Å². The number of fused-ring (bicyclic) bond motifs is 1. The Labute approximate surface area is 562 Å². The number of benzene rings is 6. The highest BCUT2D eigenvalue weighted by atomic mass is 32.3. The summed E-state index contributed by atoms with van der Waals surface area (Å²) in [7, 11) is -11.4. The second-order valence-electron chi connectivity index (χ2n) is 24.0. The summed E-state index contributed by atoms with van der Waals surface area (Å²) in [6.07, 6.45) is 4.51. The van der Waals surface area contributed by atoms with Crippen LogP contribution in [0.25, 0.3) is 14.7 Å². The zero-order valence-electron chi connectivity index (χ0n) is 54.5. The molecule has 0 spiro atoms. The number of halogens is 2. The molecular formula is C70H82F2N8O13S3. The number of ether oxygens (including phenoxy) is 3. The molecule has 6 aromatic carbocycles. The number of carbonyl (C=O) groups excluding carboxylic acids is 4. The summed E-state index contributed by atoms with van der Waals surface area (Å²) >= 11 is 0. The lowest BCUT2D eigenvalue weighted by Crippen LogP contribution is -2.39. The van der Waals surface area contributed by atoms with Gasteiger partial charge in [0.1, 0.15) is 43.2 Å². The maximum atomic E-state index is 13.4. The molecule has 96 heavy (non-hydrogen) atoms. The van der Waals surface area contributed by atoms with Crippen LogP contribution in [-0.2, 0) is 56.9 Å². The molecule has 0 aromatic heterocycles. The summed E-state index contributed by atoms with van der Waals surface area (Å²) in [5.74, 6) is -1.62. The van der Waals surface area contributed by atoms with E-state index in [2.05, 4.69) is 25.6 Å². The first-order valence-corrected chi connectivity index (χ1v) is 36.3. The SMILES string of the molecule is CCCCN1C(=O)C(Nc2ccc(N3CCOCC3)cc2)=C(c2ccccc2)S1(=O)=O.CCCCN1C(=O)C(Nc2ccc(OC(F)F)cc2)=C(c2ccccc2)S1(=O)=O.CCCCN1C(=O)C(Nc2ccc3c(c2)CCN(C(=O)OC(C)(C)C)C3)=C(c2ccccc2)S1(O)O. The van der Waals surface area contributed by atoms with Gasteiger partial charge in [0.2, 0.25) is 0 Å². The van der Waals surface area contributed by atoms with Gasteiger partial charge in [-0.25, -0.2) is 34.5 Å². The Bertz CT molecular complexity index is 4080. The van der Waals surface area contributed by atoms with E-state index >= 15 is 0 Å². The zero-order chi connectivity index (χ0) is 69.0. The highest BCUT2D eigenvalue weighted by Crippen LogP contribution is 2.62. The van der Waals surface area contributed by atoms with Gasteiger partial charge in [0.25, 0.3) is 37.8 Å². The summed E-state index contributed by atoms with van der Waals surface area (Å²) in [6, 6.07) is 45.1. The van der Waals surface area contributed by atoms with Crippen molar-refractivity contribution in [3.63, 3.8) is 0 Å². The van der Waals surface area contributed by atoms with Crippen LogP contribution in [0.5, 0.6) is 5.75 Å². The number of nitrogens with zero attached hydrogens (tertiary/aromatic N) is 5. The van der Waals surface area contributed by atoms with E-state index in [-0.39, 0.29) is 63.3 Å². The van der Waals surface area contributed by atoms with Crippen LogP contribution in [0.3, 0.4) is 0 Å². The lowest BCUT2D eigenvalue weighted by Gasteiger charge is -2.38. The number of amides is 4. The van der Waals surface area contributed by atoms with E-state index in [0.29, 0.717) is 85.7 Å². The molecule has 6 aromatic rings. The van der Waals surface area contributed by atoms with Gasteiger partial charge >= 0.3 is 12.7 Å². The van der Waals surface area contributed by atoms with Gasteiger partial charge in [-0.1, -0.05) is 148 Å². The molecule has 11 rings (SSSR count). The number of unbranched alkanes of at least 4 members (excludes halogenated alkanes) is 3. The number of alkyl halides is 2. The largest absolute Gasteiger partial charge is 0.444 e. The third-order valence-electron chi connectivity index (χ3n) is 15.9. The Morgan fingerprint density at radius 2 is 0.969 bits per heavy atom. The van der Waals surface area contributed by atoms with Crippen molar-refractivity contribution >= 4 is 92.1 Å². The number of sulfonamides is 2. The molecule has 0 aliphatic carbocycles. The summed E-state index contributed by atoms with van der Waals surface area (Å²) in [5, 5.41) is 9.15. The fourth-order valence-electron chi connectivity index (χ4n) is 11.1. The molecule has 0 radical (unpaired) electrons. The third kappa shape index (κ3) is 16.7. The van der Waals surface area contributed by atoms with Gasteiger partial charge in [0, 0.05) is 74.1 Å². The van der Waals surface area contributed by atoms with E-state index in [9.17, 15) is 53.9 Å². The van der Waals surface area contributed by atoms with E-state index in [4.69, 9.17) is 9.47 Å². The maximum Gasteiger partial charge on any atom is 0.410 e. The van der Waals surface area contributed by atoms with Gasteiger partial charge in [-0.3, -0.25) is 23.5 Å². The molecule has 21 nitrogen and oxygen atoms in total. The van der Waals surface area contributed by atoms with Crippen LogP contribution in [0.4, 0.5) is 36.3 Å². The van der Waals surface area contributed by atoms with Crippen molar-refractivity contribution in [3.05, 3.63) is 203 Å².